The minimum Gasteiger partial charge on any atom is -0.325 e. The number of nitrogens with one attached hydrogen (secondary N) is 1. The molecule has 0 atom stereocenters. The minimum absolute atomic E-state index is 0.0437. The normalized spacial score (nSPS) is 14.4. The van der Waals surface area contributed by atoms with Crippen LogP contribution in [-0.4, -0.2) is 24.1 Å². The molecule has 2 amide bonds. The Morgan fingerprint density at radius 1 is 1.21 bits per heavy atom. The molecular formula is C19H16ClF3N2O2S. The fraction of sp³-hybridized carbons (Fsp3) is 0.263. The van der Waals surface area contributed by atoms with Gasteiger partial charge in [0.25, 0.3) is 0 Å². The van der Waals surface area contributed by atoms with E-state index in [-0.39, 0.29) is 22.6 Å². The topological polar surface area (TPSA) is 49.4 Å². The monoisotopic (exact) mass is 428 g/mol. The summed E-state index contributed by atoms with van der Waals surface area (Å²) in [5, 5.41) is 2.32. The van der Waals surface area contributed by atoms with Crippen LogP contribution in [0, 0.1) is 0 Å². The Morgan fingerprint density at radius 2 is 2.00 bits per heavy atom. The number of rotatable bonds is 5. The number of carbonyl (C=O) groups is 2. The summed E-state index contributed by atoms with van der Waals surface area (Å²) in [7, 11) is 0. The van der Waals surface area contributed by atoms with E-state index < -0.39 is 11.7 Å². The van der Waals surface area contributed by atoms with E-state index in [1.54, 1.807) is 29.2 Å². The van der Waals surface area contributed by atoms with Gasteiger partial charge in [-0.05, 0) is 42.8 Å². The molecule has 0 unspecified atom stereocenters. The summed E-state index contributed by atoms with van der Waals surface area (Å²) in [5.41, 5.74) is 0.304. The fourth-order valence-corrected chi connectivity index (χ4v) is 3.79. The first-order valence-corrected chi connectivity index (χ1v) is 9.80. The molecule has 1 N–H and O–H groups in total. The molecule has 2 aromatic carbocycles. The third-order valence-electron chi connectivity index (χ3n) is 4.13. The average molecular weight is 429 g/mol. The predicted octanol–water partition coefficient (Wildman–Crippen LogP) is 5.22. The van der Waals surface area contributed by atoms with Crippen LogP contribution in [0.15, 0.2) is 47.4 Å². The lowest BCUT2D eigenvalue weighted by Crippen LogP contribution is -2.23. The zero-order valence-electron chi connectivity index (χ0n) is 14.6. The Labute approximate surface area is 169 Å². The maximum absolute atomic E-state index is 12.9. The van der Waals surface area contributed by atoms with Crippen LogP contribution in [0.3, 0.4) is 0 Å². The van der Waals surface area contributed by atoms with E-state index >= 15 is 0 Å². The van der Waals surface area contributed by atoms with Crippen LogP contribution in [-0.2, 0) is 15.8 Å². The second kappa shape index (κ2) is 8.45. The maximum atomic E-state index is 12.9. The number of hydrogen-bond acceptors (Lipinski definition) is 3. The van der Waals surface area contributed by atoms with E-state index in [1.165, 1.54) is 12.1 Å². The van der Waals surface area contributed by atoms with Gasteiger partial charge in [-0.25, -0.2) is 0 Å². The van der Waals surface area contributed by atoms with Crippen molar-refractivity contribution >= 4 is 46.6 Å². The first-order chi connectivity index (χ1) is 13.2. The molecule has 0 radical (unpaired) electrons. The number of hydrogen-bond donors (Lipinski definition) is 1. The molecule has 0 spiro atoms. The Kier molecular flexibility index (Phi) is 6.20. The third-order valence-corrected chi connectivity index (χ3v) is 5.45. The molecule has 0 aliphatic carbocycles. The zero-order valence-corrected chi connectivity index (χ0v) is 16.1. The van der Waals surface area contributed by atoms with Crippen molar-refractivity contribution in [3.8, 4) is 0 Å². The molecule has 4 nitrogen and oxygen atoms in total. The molecular weight excluding hydrogens is 413 g/mol. The Balaban J connectivity index is 1.62. The van der Waals surface area contributed by atoms with Gasteiger partial charge in [-0.15, -0.1) is 11.8 Å². The lowest BCUT2D eigenvalue weighted by molar-refractivity contribution is -0.137. The highest BCUT2D eigenvalue weighted by molar-refractivity contribution is 8.00. The largest absolute Gasteiger partial charge is 0.417 e. The summed E-state index contributed by atoms with van der Waals surface area (Å²) in [4.78, 5) is 26.0. The van der Waals surface area contributed by atoms with Gasteiger partial charge < -0.3 is 10.2 Å². The zero-order chi connectivity index (χ0) is 20.3. The maximum Gasteiger partial charge on any atom is 0.417 e. The van der Waals surface area contributed by atoms with Crippen molar-refractivity contribution in [3.05, 3.63) is 53.1 Å². The molecule has 1 fully saturated rings. The standard InChI is InChI=1S/C19H16ClF3N2O2S/c20-16-7-6-14(10-15(16)19(21,22)23)28-11-17(26)24-12-3-1-4-13(9-12)25-8-2-5-18(25)27/h1,3-4,6-7,9-10H,2,5,8,11H2,(H,24,26). The van der Waals surface area contributed by atoms with Crippen molar-refractivity contribution in [1.82, 2.24) is 0 Å². The molecule has 1 heterocycles. The van der Waals surface area contributed by atoms with E-state index in [0.717, 1.165) is 24.2 Å². The van der Waals surface area contributed by atoms with Gasteiger partial charge in [-0.1, -0.05) is 17.7 Å². The molecule has 9 heteroatoms. The molecule has 148 valence electrons. The quantitative estimate of drug-likeness (QED) is 0.664. The molecule has 28 heavy (non-hydrogen) atoms. The molecule has 1 aliphatic rings. The lowest BCUT2D eigenvalue weighted by atomic mass is 10.2. The lowest BCUT2D eigenvalue weighted by Gasteiger charge is -2.16. The smallest absolute Gasteiger partial charge is 0.325 e. The van der Waals surface area contributed by atoms with Gasteiger partial charge in [0.15, 0.2) is 0 Å². The number of alkyl halides is 3. The summed E-state index contributed by atoms with van der Waals surface area (Å²) in [6.45, 7) is 0.643. The second-order valence-electron chi connectivity index (χ2n) is 6.18. The number of carbonyl (C=O) groups excluding carboxylic acids is 2. The summed E-state index contributed by atoms with van der Waals surface area (Å²) in [6, 6.07) is 10.5. The summed E-state index contributed by atoms with van der Waals surface area (Å²) >= 11 is 6.57. The Hall–Kier alpha value is -2.19. The van der Waals surface area contributed by atoms with E-state index in [9.17, 15) is 22.8 Å². The van der Waals surface area contributed by atoms with Gasteiger partial charge in [0.1, 0.15) is 0 Å². The van der Waals surface area contributed by atoms with E-state index in [2.05, 4.69) is 5.32 Å². The van der Waals surface area contributed by atoms with E-state index in [4.69, 9.17) is 11.6 Å². The van der Waals surface area contributed by atoms with E-state index in [1.807, 2.05) is 0 Å². The number of benzene rings is 2. The van der Waals surface area contributed by atoms with Gasteiger partial charge in [0, 0.05) is 29.2 Å². The van der Waals surface area contributed by atoms with Crippen LogP contribution >= 0.6 is 23.4 Å². The summed E-state index contributed by atoms with van der Waals surface area (Å²) in [6.07, 6.45) is -3.25. The summed E-state index contributed by atoms with van der Waals surface area (Å²) in [5.74, 6) is -0.383. The van der Waals surface area contributed by atoms with Crippen molar-refractivity contribution < 1.29 is 22.8 Å². The van der Waals surface area contributed by atoms with Crippen LogP contribution in [0.5, 0.6) is 0 Å². The predicted molar refractivity (Wildman–Crippen MR) is 104 cm³/mol. The molecule has 3 rings (SSSR count). The Morgan fingerprint density at radius 3 is 2.68 bits per heavy atom. The van der Waals surface area contributed by atoms with Gasteiger partial charge in [0.05, 0.1) is 16.3 Å². The van der Waals surface area contributed by atoms with Gasteiger partial charge in [-0.2, -0.15) is 13.2 Å². The fourth-order valence-electron chi connectivity index (χ4n) is 2.83. The number of amides is 2. The highest BCUT2D eigenvalue weighted by Crippen LogP contribution is 2.37. The van der Waals surface area contributed by atoms with Gasteiger partial charge in [-0.3, -0.25) is 9.59 Å². The first kappa shape index (κ1) is 20.5. The van der Waals surface area contributed by atoms with Crippen molar-refractivity contribution in [1.29, 1.82) is 0 Å². The van der Waals surface area contributed by atoms with Crippen molar-refractivity contribution in [2.75, 3.05) is 22.5 Å². The number of anilines is 2. The van der Waals surface area contributed by atoms with Crippen molar-refractivity contribution in [3.63, 3.8) is 0 Å². The van der Waals surface area contributed by atoms with Gasteiger partial charge in [0.2, 0.25) is 11.8 Å². The first-order valence-electron chi connectivity index (χ1n) is 8.44. The molecule has 2 aromatic rings. The molecule has 0 aromatic heterocycles. The molecule has 1 saturated heterocycles. The summed E-state index contributed by atoms with van der Waals surface area (Å²) < 4.78 is 38.7. The molecule has 0 bridgehead atoms. The number of thioether (sulfide) groups is 1. The molecule has 1 aliphatic heterocycles. The highest BCUT2D eigenvalue weighted by Gasteiger charge is 2.33. The average Bonchev–Trinajstić information content (AvgIpc) is 3.06. The minimum atomic E-state index is -4.55. The van der Waals surface area contributed by atoms with Crippen molar-refractivity contribution in [2.24, 2.45) is 0 Å². The van der Waals surface area contributed by atoms with Crippen LogP contribution in [0.2, 0.25) is 5.02 Å². The SMILES string of the molecule is O=C(CSc1ccc(Cl)c(C(F)(F)F)c1)Nc1cccc(N2CCCC2=O)c1. The Bertz CT molecular complexity index is 905. The number of halogens is 4. The number of nitrogens with zero attached hydrogens (tertiary/aromatic N) is 1. The van der Waals surface area contributed by atoms with Crippen molar-refractivity contribution in [2.45, 2.75) is 23.9 Å². The van der Waals surface area contributed by atoms with Gasteiger partial charge >= 0.3 is 6.18 Å². The highest BCUT2D eigenvalue weighted by atomic mass is 35.5. The van der Waals surface area contributed by atoms with Crippen LogP contribution < -0.4 is 10.2 Å². The second-order valence-corrected chi connectivity index (χ2v) is 7.63. The molecule has 0 saturated carbocycles. The van der Waals surface area contributed by atoms with Crippen LogP contribution in [0.1, 0.15) is 18.4 Å². The van der Waals surface area contributed by atoms with Crippen LogP contribution in [0.4, 0.5) is 24.5 Å². The van der Waals surface area contributed by atoms with E-state index in [0.29, 0.717) is 29.2 Å². The third kappa shape index (κ3) is 4.99. The van der Waals surface area contributed by atoms with Crippen LogP contribution in [0.25, 0.3) is 0 Å².